The molecule has 0 aliphatic carbocycles. The van der Waals surface area contributed by atoms with E-state index in [1.54, 1.807) is 6.92 Å². The minimum atomic E-state index is -4.33. The molecule has 3 fully saturated rings. The van der Waals surface area contributed by atoms with Crippen LogP contribution in [0.25, 0.3) is 22.3 Å². The number of rotatable bonds is 2. The van der Waals surface area contributed by atoms with Crippen molar-refractivity contribution in [2.24, 2.45) is 0 Å². The molecule has 0 bridgehead atoms. The predicted molar refractivity (Wildman–Crippen MR) is 160 cm³/mol. The number of nitrogen functional groups attached to an aromatic ring is 1. The summed E-state index contributed by atoms with van der Waals surface area (Å²) >= 11 is 9.28. The first-order chi connectivity index (χ1) is 21.7. The Kier molecular flexibility index (Phi) is 7.99. The van der Waals surface area contributed by atoms with Crippen molar-refractivity contribution in [2.45, 2.75) is 56.0 Å². The lowest BCUT2D eigenvalue weighted by atomic mass is 10.1. The summed E-state index contributed by atoms with van der Waals surface area (Å²) in [5.74, 6) is 0.0559. The minimum absolute atomic E-state index is 0.0231. The van der Waals surface area contributed by atoms with Gasteiger partial charge in [0, 0.05) is 0 Å². The SMILES string of the molecule is Cc1nc2c(ncn2[C@@H]2O[C@@H]3COP(O)(=S)O[C@@H]4C(O)[C@H](n5cnc6c(=O)[nH]c(N)nc65)O[C@@H]4COP(=O)(S)OC3[C@@H]2O)c(=O)[nH]1. The van der Waals surface area contributed by atoms with Crippen molar-refractivity contribution in [3.8, 4) is 0 Å². The third-order valence-electron chi connectivity index (χ3n) is 7.48. The minimum Gasteiger partial charge on any atom is -0.386 e. The third kappa shape index (κ3) is 5.64. The van der Waals surface area contributed by atoms with Crippen LogP contribution >= 0.6 is 25.8 Å². The molecular formula is C21H25N9O12P2S2. The predicted octanol–water partition coefficient (Wildman–Crippen LogP) is -1.27. The van der Waals surface area contributed by atoms with E-state index in [1.165, 1.54) is 21.8 Å². The van der Waals surface area contributed by atoms with E-state index in [0.717, 1.165) is 0 Å². The second kappa shape index (κ2) is 11.5. The average molecular weight is 722 g/mol. The fourth-order valence-corrected chi connectivity index (χ4v) is 8.42. The van der Waals surface area contributed by atoms with E-state index >= 15 is 0 Å². The van der Waals surface area contributed by atoms with Gasteiger partial charge in [-0.1, -0.05) is 12.2 Å². The number of fused-ring (bicyclic) bond motifs is 4. The Morgan fingerprint density at radius 1 is 0.935 bits per heavy atom. The fourth-order valence-electron chi connectivity index (χ4n) is 5.48. The summed E-state index contributed by atoms with van der Waals surface area (Å²) in [6.45, 7) is -8.13. The number of anilines is 1. The maximum Gasteiger partial charge on any atom is 0.386 e. The Balaban J connectivity index is 1.18. The number of nitrogens with zero attached hydrogens (tertiary/aromatic N) is 6. The number of aliphatic hydroxyl groups excluding tert-OH is 2. The lowest BCUT2D eigenvalue weighted by molar-refractivity contribution is -0.0577. The molecular weight excluding hydrogens is 696 g/mol. The van der Waals surface area contributed by atoms with Gasteiger partial charge >= 0.3 is 13.5 Å². The zero-order valence-corrected chi connectivity index (χ0v) is 26.7. The van der Waals surface area contributed by atoms with Crippen molar-refractivity contribution in [2.75, 3.05) is 18.9 Å². The number of hydrogen-bond donors (Lipinski definition) is 7. The number of aromatic amines is 2. The molecule has 7 rings (SSSR count). The van der Waals surface area contributed by atoms with Gasteiger partial charge in [0.15, 0.2) is 34.8 Å². The normalized spacial score (nSPS) is 37.2. The van der Waals surface area contributed by atoms with Gasteiger partial charge in [-0.05, 0) is 18.7 Å². The molecule has 25 heteroatoms. The number of ether oxygens (including phenoxy) is 2. The molecule has 7 N–H and O–H groups in total. The van der Waals surface area contributed by atoms with Crippen LogP contribution in [0.5, 0.6) is 0 Å². The highest BCUT2D eigenvalue weighted by atomic mass is 32.7. The van der Waals surface area contributed by atoms with E-state index in [9.17, 15) is 29.3 Å². The Morgan fingerprint density at radius 3 is 2.07 bits per heavy atom. The average Bonchev–Trinajstić information content (AvgIpc) is 3.72. The number of nitrogens with two attached hydrogens (primary N) is 1. The molecule has 3 aliphatic heterocycles. The molecule has 0 spiro atoms. The number of nitrogens with one attached hydrogen (secondary N) is 2. The molecule has 4 aromatic heterocycles. The van der Waals surface area contributed by atoms with E-state index < -0.39 is 86.9 Å². The first-order valence-corrected chi connectivity index (χ1v) is 18.6. The monoisotopic (exact) mass is 721 g/mol. The lowest BCUT2D eigenvalue weighted by Crippen LogP contribution is -2.38. The Hall–Kier alpha value is -2.63. The number of aromatic nitrogens is 8. The molecule has 3 saturated heterocycles. The van der Waals surface area contributed by atoms with Gasteiger partial charge in [0.25, 0.3) is 11.1 Å². The van der Waals surface area contributed by atoms with Crippen LogP contribution in [-0.4, -0.2) is 104 Å². The van der Waals surface area contributed by atoms with Crippen LogP contribution in [0.3, 0.4) is 0 Å². The summed E-state index contributed by atoms with van der Waals surface area (Å²) in [6, 6.07) is 0. The third-order valence-corrected chi connectivity index (χ3v) is 10.7. The zero-order valence-electron chi connectivity index (χ0n) is 23.2. The zero-order chi connectivity index (χ0) is 32.7. The fraction of sp³-hybridized carbons (Fsp3) is 0.524. The topological polar surface area (TPSA) is 286 Å². The summed E-state index contributed by atoms with van der Waals surface area (Å²) in [5.41, 5.74) is 4.47. The van der Waals surface area contributed by atoms with Crippen LogP contribution in [0.4, 0.5) is 5.95 Å². The molecule has 7 heterocycles. The second-order valence-corrected chi connectivity index (χ2v) is 16.2. The van der Waals surface area contributed by atoms with Crippen LogP contribution < -0.4 is 16.9 Å². The highest BCUT2D eigenvalue weighted by Crippen LogP contribution is 2.58. The molecule has 0 saturated carbocycles. The molecule has 3 aliphatic rings. The first kappa shape index (κ1) is 31.9. The van der Waals surface area contributed by atoms with Gasteiger partial charge in [0.2, 0.25) is 5.95 Å². The lowest BCUT2D eigenvalue weighted by Gasteiger charge is -2.29. The molecule has 21 nitrogen and oxygen atoms in total. The molecule has 0 radical (unpaired) electrons. The highest BCUT2D eigenvalue weighted by molar-refractivity contribution is 8.44. The maximum atomic E-state index is 13.4. The maximum absolute atomic E-state index is 13.4. The standard InChI is InChI=1S/C21H25N9O12P2S2/c1-6-25-15-9(17(33)26-6)23-4-29(15)19-11(31)13-7(39-19)2-37-44(36,46)42-14-8(3-38-43(35,45)41-13)40-20(12(14)32)30-5-24-10-16(30)27-21(22)28-18(10)34/h4-5,7-8,11-14,19-20,31-32H,2-3H2,1H3,(H,35,45)(H,36,46)(H,25,26,33)(H3,22,27,28,34)/t7-,8-,11+,12?,13?,14+,19-,20-,43?,44?/m1/s1. The van der Waals surface area contributed by atoms with Crippen molar-refractivity contribution < 1.29 is 47.2 Å². The van der Waals surface area contributed by atoms with Gasteiger partial charge in [-0.2, -0.15) is 4.98 Å². The van der Waals surface area contributed by atoms with Gasteiger partial charge in [0.1, 0.15) is 42.4 Å². The van der Waals surface area contributed by atoms with E-state index in [4.69, 9.17) is 45.1 Å². The van der Waals surface area contributed by atoms with Gasteiger partial charge in [-0.3, -0.25) is 37.3 Å². The molecule has 4 aromatic rings. The first-order valence-electron chi connectivity index (χ1n) is 13.4. The summed E-state index contributed by atoms with van der Waals surface area (Å²) in [7, 11) is 0. The molecule has 248 valence electrons. The largest absolute Gasteiger partial charge is 0.386 e. The van der Waals surface area contributed by atoms with Crippen LogP contribution in [0.1, 0.15) is 18.3 Å². The quantitative estimate of drug-likeness (QED) is 0.0938. The van der Waals surface area contributed by atoms with Crippen LogP contribution in [0, 0.1) is 6.92 Å². The van der Waals surface area contributed by atoms with Gasteiger partial charge in [0.05, 0.1) is 25.9 Å². The Labute approximate surface area is 265 Å². The van der Waals surface area contributed by atoms with Gasteiger partial charge in [-0.25, -0.2) is 19.5 Å². The van der Waals surface area contributed by atoms with Crippen LogP contribution in [0.2, 0.25) is 0 Å². The van der Waals surface area contributed by atoms with Crippen molar-refractivity contribution in [1.29, 1.82) is 0 Å². The summed E-state index contributed by atoms with van der Waals surface area (Å²) in [5, 5.41) is 22.5. The van der Waals surface area contributed by atoms with Crippen LogP contribution in [-0.2, 0) is 43.9 Å². The van der Waals surface area contributed by atoms with Crippen LogP contribution in [0.15, 0.2) is 22.2 Å². The van der Waals surface area contributed by atoms with E-state index in [1.807, 2.05) is 0 Å². The number of H-pyrrole nitrogens is 2. The number of hydrogen-bond acceptors (Lipinski definition) is 17. The van der Waals surface area contributed by atoms with Crippen molar-refractivity contribution >= 4 is 65.8 Å². The van der Waals surface area contributed by atoms with E-state index in [-0.39, 0.29) is 34.1 Å². The Bertz CT molecular complexity index is 1910. The molecule has 10 atom stereocenters. The number of thiol groups is 1. The van der Waals surface area contributed by atoms with Gasteiger partial charge in [-0.15, -0.1) is 0 Å². The molecule has 46 heavy (non-hydrogen) atoms. The summed E-state index contributed by atoms with van der Waals surface area (Å²) < 4.78 is 50.2. The highest BCUT2D eigenvalue weighted by Gasteiger charge is 2.53. The van der Waals surface area contributed by atoms with Gasteiger partial charge < -0.3 is 39.8 Å². The Morgan fingerprint density at radius 2 is 1.46 bits per heavy atom. The molecule has 0 aromatic carbocycles. The van der Waals surface area contributed by atoms with Crippen molar-refractivity contribution in [3.05, 3.63) is 39.2 Å². The molecule has 0 amide bonds. The van der Waals surface area contributed by atoms with Crippen molar-refractivity contribution in [1.82, 2.24) is 39.0 Å². The summed E-state index contributed by atoms with van der Waals surface area (Å²) in [6.07, 6.45) is -8.75. The number of aliphatic hydroxyl groups is 2. The van der Waals surface area contributed by atoms with Crippen molar-refractivity contribution in [3.63, 3.8) is 0 Å². The second-order valence-electron chi connectivity index (χ2n) is 10.5. The van der Waals surface area contributed by atoms with E-state index in [0.29, 0.717) is 0 Å². The number of imidazole rings is 2. The number of aryl methyl sites for hydroxylation is 1. The smallest absolute Gasteiger partial charge is 0.386 e. The van der Waals surface area contributed by atoms with E-state index in [2.05, 4.69) is 42.2 Å². The summed E-state index contributed by atoms with van der Waals surface area (Å²) in [4.78, 5) is 56.8. The molecule has 4 unspecified atom stereocenters.